The molecule has 1 rings (SSSR count). The first-order chi connectivity index (χ1) is 8.17. The maximum absolute atomic E-state index is 5.47. The van der Waals surface area contributed by atoms with E-state index in [9.17, 15) is 0 Å². The monoisotopic (exact) mass is 258 g/mol. The summed E-state index contributed by atoms with van der Waals surface area (Å²) in [6.45, 7) is 10.1. The van der Waals surface area contributed by atoms with Gasteiger partial charge in [0.15, 0.2) is 6.29 Å². The van der Waals surface area contributed by atoms with Gasteiger partial charge in [-0.15, -0.1) is 11.3 Å². The van der Waals surface area contributed by atoms with Crippen molar-refractivity contribution in [3.8, 4) is 0 Å². The highest BCUT2D eigenvalue weighted by molar-refractivity contribution is 7.09. The molecule has 4 nitrogen and oxygen atoms in total. The van der Waals surface area contributed by atoms with Crippen LogP contribution in [0.3, 0.4) is 0 Å². The van der Waals surface area contributed by atoms with Crippen molar-refractivity contribution in [3.05, 3.63) is 16.1 Å². The Labute approximate surface area is 107 Å². The summed E-state index contributed by atoms with van der Waals surface area (Å²) in [5.74, 6) is 0. The second kappa shape index (κ2) is 7.76. The standard InChI is InChI=1S/C12H22N2O2S/c1-5-15-12(16-6-2)7-13-9(3)11-8-17-10(4)14-11/h8-9,12-13H,5-7H2,1-4H3. The largest absolute Gasteiger partial charge is 0.352 e. The molecule has 1 aromatic rings. The molecule has 1 aromatic heterocycles. The van der Waals surface area contributed by atoms with Crippen LogP contribution in [0, 0.1) is 6.92 Å². The third-order valence-electron chi connectivity index (χ3n) is 2.38. The van der Waals surface area contributed by atoms with E-state index < -0.39 is 0 Å². The molecular formula is C12H22N2O2S. The van der Waals surface area contributed by atoms with Crippen molar-refractivity contribution in [2.75, 3.05) is 19.8 Å². The van der Waals surface area contributed by atoms with Crippen LogP contribution in [-0.2, 0) is 9.47 Å². The lowest BCUT2D eigenvalue weighted by atomic mass is 10.2. The number of hydrogen-bond donors (Lipinski definition) is 1. The van der Waals surface area contributed by atoms with E-state index in [1.165, 1.54) is 0 Å². The summed E-state index contributed by atoms with van der Waals surface area (Å²) < 4.78 is 10.9. The van der Waals surface area contributed by atoms with Gasteiger partial charge in [0.2, 0.25) is 0 Å². The zero-order valence-electron chi connectivity index (χ0n) is 11.0. The molecule has 17 heavy (non-hydrogen) atoms. The fourth-order valence-corrected chi connectivity index (χ4v) is 2.20. The molecule has 0 aliphatic rings. The molecule has 5 heteroatoms. The average molecular weight is 258 g/mol. The van der Waals surface area contributed by atoms with E-state index in [0.717, 1.165) is 10.7 Å². The third kappa shape index (κ3) is 5.12. The van der Waals surface area contributed by atoms with Crippen molar-refractivity contribution >= 4 is 11.3 Å². The van der Waals surface area contributed by atoms with Crippen molar-refractivity contribution in [3.63, 3.8) is 0 Å². The Morgan fingerprint density at radius 2 is 2.00 bits per heavy atom. The minimum absolute atomic E-state index is 0.174. The SMILES string of the molecule is CCOC(CNC(C)c1csc(C)n1)OCC. The van der Waals surface area contributed by atoms with Gasteiger partial charge in [0, 0.05) is 31.2 Å². The Morgan fingerprint density at radius 1 is 1.35 bits per heavy atom. The first kappa shape index (κ1) is 14.6. The Balaban J connectivity index is 2.37. The lowest BCUT2D eigenvalue weighted by Crippen LogP contribution is -2.33. The van der Waals surface area contributed by atoms with Gasteiger partial charge in [-0.05, 0) is 27.7 Å². The third-order valence-corrected chi connectivity index (χ3v) is 3.17. The maximum Gasteiger partial charge on any atom is 0.169 e. The summed E-state index contributed by atoms with van der Waals surface area (Å²) in [6.07, 6.45) is -0.174. The molecule has 98 valence electrons. The molecule has 0 aliphatic carbocycles. The lowest BCUT2D eigenvalue weighted by Gasteiger charge is -2.19. The van der Waals surface area contributed by atoms with Gasteiger partial charge in [0.25, 0.3) is 0 Å². The van der Waals surface area contributed by atoms with Crippen molar-refractivity contribution in [1.82, 2.24) is 10.3 Å². The van der Waals surface area contributed by atoms with Crippen molar-refractivity contribution in [2.24, 2.45) is 0 Å². The molecule has 0 aliphatic heterocycles. The number of aromatic nitrogens is 1. The van der Waals surface area contributed by atoms with Crippen molar-refractivity contribution in [1.29, 1.82) is 0 Å². The minimum atomic E-state index is -0.174. The second-order valence-corrected chi connectivity index (χ2v) is 4.82. The zero-order chi connectivity index (χ0) is 12.7. The zero-order valence-corrected chi connectivity index (χ0v) is 11.8. The minimum Gasteiger partial charge on any atom is -0.352 e. The van der Waals surface area contributed by atoms with E-state index >= 15 is 0 Å². The summed E-state index contributed by atoms with van der Waals surface area (Å²) in [5, 5.41) is 6.56. The quantitative estimate of drug-likeness (QED) is 0.728. The van der Waals surface area contributed by atoms with E-state index in [2.05, 4.69) is 22.6 Å². The molecule has 0 radical (unpaired) electrons. The van der Waals surface area contributed by atoms with Crippen LogP contribution in [0.1, 0.15) is 37.5 Å². The number of hydrogen-bond acceptors (Lipinski definition) is 5. The van der Waals surface area contributed by atoms with E-state index in [0.29, 0.717) is 19.8 Å². The van der Waals surface area contributed by atoms with E-state index in [1.807, 2.05) is 20.8 Å². The molecule has 0 spiro atoms. The second-order valence-electron chi connectivity index (χ2n) is 3.76. The molecule has 0 aromatic carbocycles. The van der Waals surface area contributed by atoms with Gasteiger partial charge in [-0.1, -0.05) is 0 Å². The van der Waals surface area contributed by atoms with Gasteiger partial charge in [0.1, 0.15) is 0 Å². The normalized spacial score (nSPS) is 13.2. The topological polar surface area (TPSA) is 43.4 Å². The van der Waals surface area contributed by atoms with Crippen LogP contribution in [0.25, 0.3) is 0 Å². The summed E-state index contributed by atoms with van der Waals surface area (Å²) in [5.41, 5.74) is 1.08. The highest BCUT2D eigenvalue weighted by atomic mass is 32.1. The molecule has 1 unspecified atom stereocenters. The lowest BCUT2D eigenvalue weighted by molar-refractivity contribution is -0.133. The number of thiazole rings is 1. The smallest absolute Gasteiger partial charge is 0.169 e. The van der Waals surface area contributed by atoms with E-state index in [1.54, 1.807) is 11.3 Å². The van der Waals surface area contributed by atoms with Gasteiger partial charge in [-0.3, -0.25) is 0 Å². The Morgan fingerprint density at radius 3 is 2.47 bits per heavy atom. The number of aryl methyl sites for hydroxylation is 1. The van der Waals surface area contributed by atoms with Crippen LogP contribution < -0.4 is 5.32 Å². The molecule has 0 bridgehead atoms. The van der Waals surface area contributed by atoms with Crippen LogP contribution in [0.15, 0.2) is 5.38 Å². The first-order valence-electron chi connectivity index (χ1n) is 6.06. The van der Waals surface area contributed by atoms with Crippen LogP contribution in [0.4, 0.5) is 0 Å². The number of nitrogens with one attached hydrogen (secondary N) is 1. The predicted octanol–water partition coefficient (Wildman–Crippen LogP) is 2.50. The summed E-state index contributed by atoms with van der Waals surface area (Å²) in [7, 11) is 0. The maximum atomic E-state index is 5.47. The predicted molar refractivity (Wildman–Crippen MR) is 70.3 cm³/mol. The fraction of sp³-hybridized carbons (Fsp3) is 0.750. The van der Waals surface area contributed by atoms with Crippen LogP contribution >= 0.6 is 11.3 Å². The average Bonchev–Trinajstić information content (AvgIpc) is 2.73. The molecular weight excluding hydrogens is 236 g/mol. The van der Waals surface area contributed by atoms with Crippen LogP contribution in [-0.4, -0.2) is 31.0 Å². The van der Waals surface area contributed by atoms with E-state index in [-0.39, 0.29) is 12.3 Å². The summed E-state index contributed by atoms with van der Waals surface area (Å²) in [6, 6.07) is 0.225. The Bertz CT molecular complexity index is 311. The first-order valence-corrected chi connectivity index (χ1v) is 6.93. The molecule has 0 fully saturated rings. The van der Waals surface area contributed by atoms with Crippen molar-refractivity contribution < 1.29 is 9.47 Å². The molecule has 0 amide bonds. The fourth-order valence-electron chi connectivity index (χ4n) is 1.49. The van der Waals surface area contributed by atoms with Gasteiger partial charge >= 0.3 is 0 Å². The molecule has 1 atom stereocenters. The molecule has 1 heterocycles. The molecule has 1 N–H and O–H groups in total. The highest BCUT2D eigenvalue weighted by Gasteiger charge is 2.12. The van der Waals surface area contributed by atoms with Crippen molar-refractivity contribution in [2.45, 2.75) is 40.0 Å². The summed E-state index contributed by atoms with van der Waals surface area (Å²) >= 11 is 1.67. The number of ether oxygens (including phenoxy) is 2. The molecule has 0 saturated heterocycles. The highest BCUT2D eigenvalue weighted by Crippen LogP contribution is 2.15. The summed E-state index contributed by atoms with van der Waals surface area (Å²) in [4.78, 5) is 4.45. The van der Waals surface area contributed by atoms with Crippen LogP contribution in [0.2, 0.25) is 0 Å². The van der Waals surface area contributed by atoms with Gasteiger partial charge < -0.3 is 14.8 Å². The van der Waals surface area contributed by atoms with E-state index in [4.69, 9.17) is 9.47 Å². The number of nitrogens with zero attached hydrogens (tertiary/aromatic N) is 1. The van der Waals surface area contributed by atoms with Gasteiger partial charge in [-0.2, -0.15) is 0 Å². The van der Waals surface area contributed by atoms with Gasteiger partial charge in [-0.25, -0.2) is 4.98 Å². The Hall–Kier alpha value is -0.490. The van der Waals surface area contributed by atoms with Crippen LogP contribution in [0.5, 0.6) is 0 Å². The van der Waals surface area contributed by atoms with Gasteiger partial charge in [0.05, 0.1) is 10.7 Å². The number of rotatable bonds is 8. The molecule has 0 saturated carbocycles. The Kier molecular flexibility index (Phi) is 6.65.